The molecular formula is C34H18F16N8O. The Bertz CT molecular complexity index is 2390. The first-order chi connectivity index (χ1) is 27.3. The number of anilines is 2. The third kappa shape index (κ3) is 10.3. The number of rotatable bonds is 7. The minimum absolute atomic E-state index is 0.0522. The summed E-state index contributed by atoms with van der Waals surface area (Å²) in [5.41, 5.74) is -8.40. The van der Waals surface area contributed by atoms with Crippen molar-refractivity contribution in [2.75, 3.05) is 10.6 Å². The van der Waals surface area contributed by atoms with E-state index in [2.05, 4.69) is 30.8 Å². The Balaban J connectivity index is 0.000000224. The summed E-state index contributed by atoms with van der Waals surface area (Å²) in [6.45, 7) is -0.284. The summed E-state index contributed by atoms with van der Waals surface area (Å²) in [5, 5.41) is 10.7. The van der Waals surface area contributed by atoms with Gasteiger partial charge in [0.05, 0.1) is 36.2 Å². The lowest BCUT2D eigenvalue weighted by Gasteiger charge is -2.12. The van der Waals surface area contributed by atoms with Crippen molar-refractivity contribution in [3.8, 4) is 11.4 Å². The third-order valence-corrected chi connectivity index (χ3v) is 7.56. The predicted octanol–water partition coefficient (Wildman–Crippen LogP) is 10.0. The molecule has 0 aliphatic heterocycles. The van der Waals surface area contributed by atoms with Crippen LogP contribution in [0.4, 0.5) is 81.6 Å². The minimum atomic E-state index is -5.13. The van der Waals surface area contributed by atoms with Gasteiger partial charge in [0.2, 0.25) is 0 Å². The Morgan fingerprint density at radius 1 is 0.525 bits per heavy atom. The molecule has 2 N–H and O–H groups in total. The molecule has 4 aromatic heterocycles. The zero-order valence-corrected chi connectivity index (χ0v) is 28.4. The molecule has 59 heavy (non-hydrogen) atoms. The number of hydrogen-bond donors (Lipinski definition) is 2. The topological polar surface area (TPSA) is 103 Å². The zero-order chi connectivity index (χ0) is 43.7. The molecule has 25 heteroatoms. The van der Waals surface area contributed by atoms with Crippen LogP contribution in [-0.2, 0) is 31.2 Å². The molecule has 0 atom stereocenters. The van der Waals surface area contributed by atoms with Gasteiger partial charge in [-0.05, 0) is 48.5 Å². The molecule has 6 rings (SSSR count). The van der Waals surface area contributed by atoms with Crippen molar-refractivity contribution in [3.05, 3.63) is 143 Å². The Labute approximate surface area is 317 Å². The average Bonchev–Trinajstić information content (AvgIpc) is 3.80. The zero-order valence-electron chi connectivity index (χ0n) is 28.4. The second kappa shape index (κ2) is 16.3. The molecule has 0 unspecified atom stereocenters. The first-order valence-corrected chi connectivity index (χ1v) is 15.7. The smallest absolute Gasteiger partial charge is 0.381 e. The number of carbonyl (C=O) groups is 1. The van der Waals surface area contributed by atoms with E-state index in [-0.39, 0.29) is 50.7 Å². The van der Waals surface area contributed by atoms with Crippen molar-refractivity contribution in [3.63, 3.8) is 0 Å². The van der Waals surface area contributed by atoms with Gasteiger partial charge >= 0.3 is 24.7 Å². The minimum Gasteiger partial charge on any atom is -0.381 e. The Hall–Kier alpha value is -6.69. The van der Waals surface area contributed by atoms with E-state index in [0.717, 1.165) is 48.8 Å². The fraction of sp³-hybridized carbons (Fsp3) is 0.147. The van der Waals surface area contributed by atoms with Crippen LogP contribution in [0.2, 0.25) is 0 Å². The van der Waals surface area contributed by atoms with Crippen LogP contribution in [0.5, 0.6) is 0 Å². The van der Waals surface area contributed by atoms with Gasteiger partial charge in [-0.3, -0.25) is 14.8 Å². The average molecular weight is 859 g/mol. The van der Waals surface area contributed by atoms with E-state index < -0.39 is 87.9 Å². The molecule has 0 aliphatic carbocycles. The van der Waals surface area contributed by atoms with Crippen LogP contribution in [0.15, 0.2) is 85.5 Å². The Morgan fingerprint density at radius 3 is 1.27 bits per heavy atom. The SMILES string of the molecule is Fc1cncc(F)c1CNc1ccc(-n2nc(C(F)(F)F)cc2C(F)(F)F)cc1.O=C(Nc1ccc(-n2nc(C(F)(F)F)cc2C(F)(F)F)cc1)c1c(F)cncc1F. The van der Waals surface area contributed by atoms with Crippen LogP contribution < -0.4 is 10.6 Å². The summed E-state index contributed by atoms with van der Waals surface area (Å²) in [6, 6.07) is 8.37. The number of benzene rings is 2. The molecule has 0 fully saturated rings. The first-order valence-electron chi connectivity index (χ1n) is 15.7. The van der Waals surface area contributed by atoms with Gasteiger partial charge in [-0.15, -0.1) is 0 Å². The number of hydrogen-bond acceptors (Lipinski definition) is 6. The lowest BCUT2D eigenvalue weighted by atomic mass is 10.2. The highest BCUT2D eigenvalue weighted by molar-refractivity contribution is 6.04. The molecule has 0 saturated carbocycles. The molecule has 1 amide bonds. The van der Waals surface area contributed by atoms with Gasteiger partial charge in [-0.2, -0.15) is 62.9 Å². The van der Waals surface area contributed by atoms with Crippen molar-refractivity contribution >= 4 is 17.3 Å². The van der Waals surface area contributed by atoms with E-state index in [9.17, 15) is 75.0 Å². The lowest BCUT2D eigenvalue weighted by molar-refractivity contribution is -0.145. The molecule has 0 radical (unpaired) electrons. The van der Waals surface area contributed by atoms with Gasteiger partial charge in [-0.25, -0.2) is 26.9 Å². The van der Waals surface area contributed by atoms with Crippen molar-refractivity contribution in [1.82, 2.24) is 29.5 Å². The molecule has 0 bridgehead atoms. The summed E-state index contributed by atoms with van der Waals surface area (Å²) in [4.78, 5) is 18.5. The summed E-state index contributed by atoms with van der Waals surface area (Å²) >= 11 is 0. The predicted molar refractivity (Wildman–Crippen MR) is 171 cm³/mol. The van der Waals surface area contributed by atoms with Crippen LogP contribution in [0, 0.1) is 23.3 Å². The van der Waals surface area contributed by atoms with E-state index in [0.29, 0.717) is 12.4 Å². The second-order valence-corrected chi connectivity index (χ2v) is 11.6. The molecule has 0 aliphatic rings. The second-order valence-electron chi connectivity index (χ2n) is 11.6. The van der Waals surface area contributed by atoms with E-state index >= 15 is 0 Å². The molecule has 312 valence electrons. The summed E-state index contributed by atoms with van der Waals surface area (Å²) in [6.07, 6.45) is -17.5. The summed E-state index contributed by atoms with van der Waals surface area (Å²) in [5.74, 6) is -5.46. The lowest BCUT2D eigenvalue weighted by Crippen LogP contribution is -2.16. The highest BCUT2D eigenvalue weighted by atomic mass is 19.4. The number of halogens is 16. The quantitative estimate of drug-likeness (QED) is 0.155. The van der Waals surface area contributed by atoms with E-state index in [1.807, 2.05) is 0 Å². The van der Waals surface area contributed by atoms with Crippen LogP contribution >= 0.6 is 0 Å². The number of pyridine rings is 2. The molecule has 0 spiro atoms. The maximum absolute atomic E-state index is 13.6. The van der Waals surface area contributed by atoms with Crippen LogP contribution in [0.25, 0.3) is 11.4 Å². The number of nitrogens with zero attached hydrogens (tertiary/aromatic N) is 6. The standard InChI is InChI=1S/C17H8F8N4O.C17H10F8N4/c18-10-6-26-7-11(19)14(10)15(30)27-8-1-3-9(4-2-8)29-13(17(23,24)25)5-12(28-29)16(20,21)22;18-12-7-26-8-13(19)11(12)6-27-9-1-3-10(4-2-9)29-15(17(23,24)25)5-14(28-29)16(20,21)22/h1-7H,(H,27,30);1-5,7-8,27H,6H2. The number of amides is 1. The van der Waals surface area contributed by atoms with Gasteiger partial charge in [0.25, 0.3) is 5.91 Å². The molecular weight excluding hydrogens is 840 g/mol. The van der Waals surface area contributed by atoms with Gasteiger partial charge in [0.15, 0.2) is 23.0 Å². The maximum Gasteiger partial charge on any atom is 0.435 e. The Morgan fingerprint density at radius 2 is 0.898 bits per heavy atom. The highest BCUT2D eigenvalue weighted by Gasteiger charge is 2.43. The fourth-order valence-corrected chi connectivity index (χ4v) is 4.86. The monoisotopic (exact) mass is 858 g/mol. The highest BCUT2D eigenvalue weighted by Crippen LogP contribution is 2.38. The fourth-order valence-electron chi connectivity index (χ4n) is 4.86. The third-order valence-electron chi connectivity index (χ3n) is 7.56. The molecule has 9 nitrogen and oxygen atoms in total. The Kier molecular flexibility index (Phi) is 12.0. The van der Waals surface area contributed by atoms with Gasteiger partial charge in [-0.1, -0.05) is 0 Å². The molecule has 2 aromatic carbocycles. The summed E-state index contributed by atoms with van der Waals surface area (Å²) in [7, 11) is 0. The number of carbonyl (C=O) groups excluding carboxylic acids is 1. The van der Waals surface area contributed by atoms with Gasteiger partial charge in [0.1, 0.15) is 28.6 Å². The van der Waals surface area contributed by atoms with Crippen LogP contribution in [0.1, 0.15) is 38.7 Å². The van der Waals surface area contributed by atoms with E-state index in [1.54, 1.807) is 0 Å². The van der Waals surface area contributed by atoms with Crippen molar-refractivity contribution < 1.29 is 75.0 Å². The van der Waals surface area contributed by atoms with Crippen LogP contribution in [0.3, 0.4) is 0 Å². The van der Waals surface area contributed by atoms with Gasteiger partial charge < -0.3 is 10.6 Å². The van der Waals surface area contributed by atoms with E-state index in [1.165, 1.54) is 12.1 Å². The van der Waals surface area contributed by atoms with E-state index in [4.69, 9.17) is 0 Å². The van der Waals surface area contributed by atoms with Crippen LogP contribution in [-0.4, -0.2) is 35.4 Å². The number of nitrogens with one attached hydrogen (secondary N) is 2. The van der Waals surface area contributed by atoms with Crippen molar-refractivity contribution in [2.24, 2.45) is 0 Å². The number of alkyl halides is 12. The normalized spacial score (nSPS) is 12.2. The number of aromatic nitrogens is 6. The van der Waals surface area contributed by atoms with Gasteiger partial charge in [0, 0.05) is 35.6 Å². The first kappa shape index (κ1) is 43.4. The molecule has 6 aromatic rings. The maximum atomic E-state index is 13.6. The largest absolute Gasteiger partial charge is 0.435 e. The molecule has 4 heterocycles. The molecule has 0 saturated heterocycles. The van der Waals surface area contributed by atoms with Crippen molar-refractivity contribution in [1.29, 1.82) is 0 Å². The summed E-state index contributed by atoms with van der Waals surface area (Å²) < 4.78 is 209. The van der Waals surface area contributed by atoms with Crippen molar-refractivity contribution in [2.45, 2.75) is 31.2 Å².